The SMILES string of the molecule is CC(=O)C(=O)NC(CCCN=C(N)N)C(=O)O. The van der Waals surface area contributed by atoms with E-state index >= 15 is 0 Å². The molecule has 1 unspecified atom stereocenters. The molecule has 0 aromatic heterocycles. The van der Waals surface area contributed by atoms with Crippen LogP contribution in [0.3, 0.4) is 0 Å². The maximum Gasteiger partial charge on any atom is 0.326 e. The Morgan fingerprint density at radius 1 is 1.35 bits per heavy atom. The molecule has 8 heteroatoms. The fourth-order valence-corrected chi connectivity index (χ4v) is 1.02. The standard InChI is InChI=1S/C9H16N4O4/c1-5(14)7(15)13-6(8(16)17)3-2-4-12-9(10)11/h6H,2-4H2,1H3,(H,13,15)(H,16,17)(H4,10,11,12). The summed E-state index contributed by atoms with van der Waals surface area (Å²) in [6.07, 6.45) is 0.526. The van der Waals surface area contributed by atoms with Gasteiger partial charge in [-0.1, -0.05) is 0 Å². The summed E-state index contributed by atoms with van der Waals surface area (Å²) in [5.41, 5.74) is 10.2. The Hall–Kier alpha value is -2.12. The highest BCUT2D eigenvalue weighted by Crippen LogP contribution is 1.98. The number of hydrogen-bond donors (Lipinski definition) is 4. The average Bonchev–Trinajstić information content (AvgIpc) is 2.21. The number of aliphatic imine (C=N–C) groups is 1. The highest BCUT2D eigenvalue weighted by molar-refractivity contribution is 6.35. The van der Waals surface area contributed by atoms with Crippen LogP contribution in [0.2, 0.25) is 0 Å². The van der Waals surface area contributed by atoms with Gasteiger partial charge >= 0.3 is 5.97 Å². The lowest BCUT2D eigenvalue weighted by Gasteiger charge is -2.12. The number of ketones is 1. The summed E-state index contributed by atoms with van der Waals surface area (Å²) in [6.45, 7) is 1.33. The molecular formula is C9H16N4O4. The molecule has 1 amide bonds. The summed E-state index contributed by atoms with van der Waals surface area (Å²) in [7, 11) is 0. The van der Waals surface area contributed by atoms with Gasteiger partial charge < -0.3 is 21.9 Å². The number of Topliss-reactive ketones (excluding diaryl/α,β-unsaturated/α-hetero) is 1. The van der Waals surface area contributed by atoms with Gasteiger partial charge in [0.2, 0.25) is 5.78 Å². The molecule has 0 aliphatic rings. The van der Waals surface area contributed by atoms with Crippen LogP contribution in [-0.2, 0) is 14.4 Å². The van der Waals surface area contributed by atoms with E-state index in [1.54, 1.807) is 0 Å². The minimum Gasteiger partial charge on any atom is -0.480 e. The number of nitrogens with two attached hydrogens (primary N) is 2. The number of carbonyl (C=O) groups is 3. The summed E-state index contributed by atoms with van der Waals surface area (Å²) in [5.74, 6) is -2.94. The van der Waals surface area contributed by atoms with Crippen molar-refractivity contribution in [1.29, 1.82) is 0 Å². The molecule has 0 fully saturated rings. The van der Waals surface area contributed by atoms with Crippen molar-refractivity contribution in [2.24, 2.45) is 16.5 Å². The fourth-order valence-electron chi connectivity index (χ4n) is 1.02. The number of nitrogens with zero attached hydrogens (tertiary/aromatic N) is 1. The van der Waals surface area contributed by atoms with Crippen LogP contribution in [0.25, 0.3) is 0 Å². The molecule has 6 N–H and O–H groups in total. The van der Waals surface area contributed by atoms with E-state index in [0.29, 0.717) is 6.42 Å². The fraction of sp³-hybridized carbons (Fsp3) is 0.556. The Labute approximate surface area is 98.1 Å². The van der Waals surface area contributed by atoms with Crippen molar-refractivity contribution < 1.29 is 19.5 Å². The molecule has 8 nitrogen and oxygen atoms in total. The van der Waals surface area contributed by atoms with Gasteiger partial charge in [-0.05, 0) is 12.8 Å². The molecule has 17 heavy (non-hydrogen) atoms. The van der Waals surface area contributed by atoms with E-state index in [2.05, 4.69) is 10.3 Å². The Kier molecular flexibility index (Phi) is 6.30. The first kappa shape index (κ1) is 14.9. The lowest BCUT2D eigenvalue weighted by atomic mass is 10.1. The molecule has 0 bridgehead atoms. The molecule has 0 aliphatic carbocycles. The second-order valence-corrected chi connectivity index (χ2v) is 3.37. The van der Waals surface area contributed by atoms with Crippen molar-refractivity contribution in [2.45, 2.75) is 25.8 Å². The van der Waals surface area contributed by atoms with Crippen LogP contribution in [-0.4, -0.2) is 41.3 Å². The maximum absolute atomic E-state index is 11.0. The molecule has 0 saturated carbocycles. The molecule has 0 aliphatic heterocycles. The largest absolute Gasteiger partial charge is 0.480 e. The van der Waals surface area contributed by atoms with Crippen molar-refractivity contribution in [1.82, 2.24) is 5.32 Å². The molecule has 0 heterocycles. The molecule has 0 saturated heterocycles. The number of carboxylic acids is 1. The second-order valence-electron chi connectivity index (χ2n) is 3.37. The quantitative estimate of drug-likeness (QED) is 0.180. The Balaban J connectivity index is 4.17. The molecule has 0 rings (SSSR count). The van der Waals surface area contributed by atoms with Crippen molar-refractivity contribution in [2.75, 3.05) is 6.54 Å². The summed E-state index contributed by atoms with van der Waals surface area (Å²) >= 11 is 0. The normalized spacial score (nSPS) is 11.4. The van der Waals surface area contributed by atoms with Gasteiger partial charge in [0, 0.05) is 13.5 Å². The number of hydrogen-bond acceptors (Lipinski definition) is 4. The van der Waals surface area contributed by atoms with E-state index < -0.39 is 23.7 Å². The van der Waals surface area contributed by atoms with E-state index in [1.165, 1.54) is 0 Å². The topological polar surface area (TPSA) is 148 Å². The van der Waals surface area contributed by atoms with Crippen molar-refractivity contribution >= 4 is 23.6 Å². The minimum atomic E-state index is -1.20. The highest BCUT2D eigenvalue weighted by Gasteiger charge is 2.21. The van der Waals surface area contributed by atoms with Gasteiger partial charge in [-0.2, -0.15) is 0 Å². The van der Waals surface area contributed by atoms with E-state index in [4.69, 9.17) is 16.6 Å². The molecule has 1 atom stereocenters. The summed E-state index contributed by atoms with van der Waals surface area (Å²) in [6, 6.07) is -1.11. The number of carbonyl (C=O) groups excluding carboxylic acids is 2. The van der Waals surface area contributed by atoms with E-state index in [9.17, 15) is 14.4 Å². The predicted molar refractivity (Wildman–Crippen MR) is 60.2 cm³/mol. The Bertz CT molecular complexity index is 336. The first-order valence-corrected chi connectivity index (χ1v) is 4.94. The lowest BCUT2D eigenvalue weighted by molar-refractivity contribution is -0.144. The maximum atomic E-state index is 11.0. The molecule has 0 aromatic rings. The molecule has 0 aromatic carbocycles. The van der Waals surface area contributed by atoms with Crippen molar-refractivity contribution in [3.05, 3.63) is 0 Å². The van der Waals surface area contributed by atoms with Crippen LogP contribution in [0.5, 0.6) is 0 Å². The van der Waals surface area contributed by atoms with Gasteiger partial charge in [0.05, 0.1) is 0 Å². The van der Waals surface area contributed by atoms with Crippen LogP contribution in [0, 0.1) is 0 Å². The number of nitrogens with one attached hydrogen (secondary N) is 1. The van der Waals surface area contributed by atoms with E-state index in [1.807, 2.05) is 0 Å². The van der Waals surface area contributed by atoms with Crippen molar-refractivity contribution in [3.8, 4) is 0 Å². The van der Waals surface area contributed by atoms with Crippen LogP contribution < -0.4 is 16.8 Å². The first-order valence-electron chi connectivity index (χ1n) is 4.94. The first-order chi connectivity index (χ1) is 7.84. The molecule has 0 spiro atoms. The monoisotopic (exact) mass is 244 g/mol. The Morgan fingerprint density at radius 2 is 1.94 bits per heavy atom. The second kappa shape index (κ2) is 7.20. The third kappa shape index (κ3) is 6.88. The van der Waals surface area contributed by atoms with Gasteiger partial charge in [0.1, 0.15) is 6.04 Å². The van der Waals surface area contributed by atoms with Gasteiger partial charge in [0.25, 0.3) is 5.91 Å². The average molecular weight is 244 g/mol. The number of rotatable bonds is 7. The van der Waals surface area contributed by atoms with Gasteiger partial charge in [-0.25, -0.2) is 4.79 Å². The van der Waals surface area contributed by atoms with Gasteiger partial charge in [-0.15, -0.1) is 0 Å². The third-order valence-electron chi connectivity index (χ3n) is 1.87. The number of guanidine groups is 1. The zero-order valence-corrected chi connectivity index (χ0v) is 9.47. The number of aliphatic carboxylic acids is 1. The van der Waals surface area contributed by atoms with E-state index in [-0.39, 0.29) is 18.9 Å². The molecule has 0 radical (unpaired) electrons. The molecule has 96 valence electrons. The van der Waals surface area contributed by atoms with Gasteiger partial charge in [0.15, 0.2) is 5.96 Å². The van der Waals surface area contributed by atoms with Crippen molar-refractivity contribution in [3.63, 3.8) is 0 Å². The van der Waals surface area contributed by atoms with Crippen LogP contribution in [0.4, 0.5) is 0 Å². The van der Waals surface area contributed by atoms with Crippen LogP contribution >= 0.6 is 0 Å². The zero-order valence-electron chi connectivity index (χ0n) is 9.47. The summed E-state index contributed by atoms with van der Waals surface area (Å²) in [5, 5.41) is 10.9. The molecular weight excluding hydrogens is 228 g/mol. The highest BCUT2D eigenvalue weighted by atomic mass is 16.4. The summed E-state index contributed by atoms with van der Waals surface area (Å²) < 4.78 is 0. The Morgan fingerprint density at radius 3 is 2.35 bits per heavy atom. The summed E-state index contributed by atoms with van der Waals surface area (Å²) in [4.78, 5) is 36.1. The zero-order chi connectivity index (χ0) is 13.4. The number of amides is 1. The minimum absolute atomic E-state index is 0.0790. The smallest absolute Gasteiger partial charge is 0.326 e. The third-order valence-corrected chi connectivity index (χ3v) is 1.87. The van der Waals surface area contributed by atoms with Gasteiger partial charge in [-0.3, -0.25) is 14.6 Å². The number of carboxylic acid groups (broad SMARTS) is 1. The van der Waals surface area contributed by atoms with Crippen LogP contribution in [0.1, 0.15) is 19.8 Å². The van der Waals surface area contributed by atoms with E-state index in [0.717, 1.165) is 6.92 Å². The van der Waals surface area contributed by atoms with Crippen LogP contribution in [0.15, 0.2) is 4.99 Å². The lowest BCUT2D eigenvalue weighted by Crippen LogP contribution is -2.43. The predicted octanol–water partition coefficient (Wildman–Crippen LogP) is -1.80.